The largest absolute Gasteiger partial charge is 0.493 e. The lowest BCUT2D eigenvalue weighted by Gasteiger charge is -2.29. The van der Waals surface area contributed by atoms with Crippen molar-refractivity contribution >= 4 is 29.9 Å². The summed E-state index contributed by atoms with van der Waals surface area (Å²) < 4.78 is 11.1. The molecule has 0 amide bonds. The SMILES string of the molecule is CCNC(=NCc1ccc(C)cc1OCCCOC)NCC(C)(C)CN(C)C.I. The number of guanidine groups is 1. The molecule has 0 spiro atoms. The van der Waals surface area contributed by atoms with Crippen LogP contribution in [0.1, 0.15) is 38.3 Å². The molecule has 0 aliphatic heterocycles. The Kier molecular flexibility index (Phi) is 14.3. The summed E-state index contributed by atoms with van der Waals surface area (Å²) in [6.07, 6.45) is 0.873. The molecular weight excluding hydrogens is 479 g/mol. The maximum atomic E-state index is 5.97. The Labute approximate surface area is 194 Å². The van der Waals surface area contributed by atoms with Gasteiger partial charge in [-0.1, -0.05) is 26.0 Å². The smallest absolute Gasteiger partial charge is 0.191 e. The summed E-state index contributed by atoms with van der Waals surface area (Å²) >= 11 is 0. The molecule has 2 N–H and O–H groups in total. The molecule has 7 heteroatoms. The minimum absolute atomic E-state index is 0. The van der Waals surface area contributed by atoms with Crippen LogP contribution in [0.2, 0.25) is 0 Å². The first-order chi connectivity index (χ1) is 13.3. The van der Waals surface area contributed by atoms with Crippen LogP contribution in [0.15, 0.2) is 23.2 Å². The van der Waals surface area contributed by atoms with Crippen molar-refractivity contribution in [3.05, 3.63) is 29.3 Å². The molecule has 29 heavy (non-hydrogen) atoms. The van der Waals surface area contributed by atoms with E-state index in [1.807, 2.05) is 0 Å². The zero-order valence-corrected chi connectivity index (χ0v) is 21.6. The van der Waals surface area contributed by atoms with Gasteiger partial charge >= 0.3 is 0 Å². The average Bonchev–Trinajstić information content (AvgIpc) is 2.61. The van der Waals surface area contributed by atoms with Crippen LogP contribution < -0.4 is 15.4 Å². The Bertz CT molecular complexity index is 606. The molecule has 0 radical (unpaired) electrons. The van der Waals surface area contributed by atoms with E-state index in [-0.39, 0.29) is 29.4 Å². The third kappa shape index (κ3) is 12.3. The predicted octanol–water partition coefficient (Wildman–Crippen LogP) is 3.67. The van der Waals surface area contributed by atoms with Gasteiger partial charge in [0.15, 0.2) is 5.96 Å². The molecule has 0 atom stereocenters. The van der Waals surface area contributed by atoms with E-state index in [0.717, 1.165) is 43.3 Å². The van der Waals surface area contributed by atoms with E-state index < -0.39 is 0 Å². The number of methoxy groups -OCH3 is 1. The number of aryl methyl sites for hydroxylation is 1. The lowest BCUT2D eigenvalue weighted by molar-refractivity contribution is 0.172. The predicted molar refractivity (Wildman–Crippen MR) is 134 cm³/mol. The van der Waals surface area contributed by atoms with Gasteiger partial charge in [-0.25, -0.2) is 4.99 Å². The third-order valence-electron chi connectivity index (χ3n) is 4.20. The highest BCUT2D eigenvalue weighted by Crippen LogP contribution is 2.21. The van der Waals surface area contributed by atoms with Crippen LogP contribution in [0.5, 0.6) is 5.75 Å². The minimum atomic E-state index is 0. The first-order valence-corrected chi connectivity index (χ1v) is 10.2. The van der Waals surface area contributed by atoms with Gasteiger partial charge in [0.05, 0.1) is 13.2 Å². The number of nitrogens with zero attached hydrogens (tertiary/aromatic N) is 2. The number of hydrogen-bond acceptors (Lipinski definition) is 4. The van der Waals surface area contributed by atoms with Crippen LogP contribution in [0.4, 0.5) is 0 Å². The normalized spacial score (nSPS) is 11.9. The zero-order chi connectivity index (χ0) is 21.0. The summed E-state index contributed by atoms with van der Waals surface area (Å²) in [4.78, 5) is 6.99. The summed E-state index contributed by atoms with van der Waals surface area (Å²) in [5.74, 6) is 1.74. The molecule has 1 rings (SSSR count). The maximum Gasteiger partial charge on any atom is 0.191 e. The molecule has 1 aromatic rings. The second-order valence-corrected chi connectivity index (χ2v) is 8.26. The van der Waals surface area contributed by atoms with Crippen LogP contribution in [0, 0.1) is 12.3 Å². The van der Waals surface area contributed by atoms with Crippen molar-refractivity contribution in [2.75, 3.05) is 54.1 Å². The molecule has 0 saturated carbocycles. The topological polar surface area (TPSA) is 58.1 Å². The van der Waals surface area contributed by atoms with Crippen molar-refractivity contribution in [2.24, 2.45) is 10.4 Å². The van der Waals surface area contributed by atoms with E-state index >= 15 is 0 Å². The number of hydrogen-bond donors (Lipinski definition) is 2. The molecule has 0 aliphatic rings. The van der Waals surface area contributed by atoms with Gasteiger partial charge in [-0.15, -0.1) is 24.0 Å². The maximum absolute atomic E-state index is 5.97. The number of ether oxygens (including phenoxy) is 2. The number of benzene rings is 1. The number of nitrogens with one attached hydrogen (secondary N) is 2. The summed E-state index contributed by atoms with van der Waals surface area (Å²) in [7, 11) is 5.92. The number of rotatable bonds is 12. The highest BCUT2D eigenvalue weighted by atomic mass is 127. The first kappa shape index (κ1) is 27.9. The monoisotopic (exact) mass is 520 g/mol. The number of aliphatic imine (C=N–C) groups is 1. The van der Waals surface area contributed by atoms with E-state index in [0.29, 0.717) is 19.8 Å². The Morgan fingerprint density at radius 2 is 1.90 bits per heavy atom. The minimum Gasteiger partial charge on any atom is -0.493 e. The molecule has 0 bridgehead atoms. The Morgan fingerprint density at radius 3 is 2.52 bits per heavy atom. The molecule has 0 heterocycles. The molecule has 0 aliphatic carbocycles. The summed E-state index contributed by atoms with van der Waals surface area (Å²) in [6, 6.07) is 6.29. The highest BCUT2D eigenvalue weighted by Gasteiger charge is 2.19. The van der Waals surface area contributed by atoms with E-state index in [1.54, 1.807) is 7.11 Å². The molecular formula is C22H41IN4O2. The summed E-state index contributed by atoms with van der Waals surface area (Å²) in [5.41, 5.74) is 2.43. The second kappa shape index (κ2) is 14.8. The molecule has 0 saturated heterocycles. The van der Waals surface area contributed by atoms with E-state index in [4.69, 9.17) is 14.5 Å². The lowest BCUT2D eigenvalue weighted by atomic mass is 9.93. The van der Waals surface area contributed by atoms with Gasteiger partial charge in [-0.2, -0.15) is 0 Å². The summed E-state index contributed by atoms with van der Waals surface area (Å²) in [6.45, 7) is 13.3. The molecule has 0 unspecified atom stereocenters. The molecule has 0 fully saturated rings. The van der Waals surface area contributed by atoms with E-state index in [2.05, 4.69) is 75.5 Å². The fourth-order valence-electron chi connectivity index (χ4n) is 3.05. The average molecular weight is 521 g/mol. The van der Waals surface area contributed by atoms with Gasteiger partial charge in [-0.3, -0.25) is 0 Å². The van der Waals surface area contributed by atoms with Crippen molar-refractivity contribution in [3.8, 4) is 5.75 Å². The van der Waals surface area contributed by atoms with Gasteiger partial charge in [0.25, 0.3) is 0 Å². The lowest BCUT2D eigenvalue weighted by Crippen LogP contribution is -2.44. The fraction of sp³-hybridized carbons (Fsp3) is 0.682. The summed E-state index contributed by atoms with van der Waals surface area (Å²) in [5, 5.41) is 6.82. The van der Waals surface area contributed by atoms with Crippen molar-refractivity contribution in [3.63, 3.8) is 0 Å². The quantitative estimate of drug-likeness (QED) is 0.191. The van der Waals surface area contributed by atoms with Gasteiger partial charge in [-0.05, 0) is 45.0 Å². The van der Waals surface area contributed by atoms with Gasteiger partial charge in [0.2, 0.25) is 0 Å². The Balaban J connectivity index is 0.00000784. The van der Waals surface area contributed by atoms with Crippen LogP contribution >= 0.6 is 24.0 Å². The van der Waals surface area contributed by atoms with Gasteiger partial charge in [0, 0.05) is 45.3 Å². The van der Waals surface area contributed by atoms with Crippen LogP contribution in [0.3, 0.4) is 0 Å². The van der Waals surface area contributed by atoms with Gasteiger partial charge < -0.3 is 25.0 Å². The molecule has 6 nitrogen and oxygen atoms in total. The van der Waals surface area contributed by atoms with Gasteiger partial charge in [0.1, 0.15) is 5.75 Å². The number of halogens is 1. The van der Waals surface area contributed by atoms with Crippen molar-refractivity contribution in [1.29, 1.82) is 0 Å². The second-order valence-electron chi connectivity index (χ2n) is 8.26. The Hall–Kier alpha value is -1.06. The standard InChI is InChI=1S/C22H40N4O2.HI/c1-8-23-21(25-16-22(3,4)17-26(5)6)24-15-19-11-10-18(2)14-20(19)28-13-9-12-27-7;/h10-11,14H,8-9,12-13,15-17H2,1-7H3,(H2,23,24,25);1H. The van der Waals surface area contributed by atoms with Crippen molar-refractivity contribution < 1.29 is 9.47 Å². The highest BCUT2D eigenvalue weighted by molar-refractivity contribution is 14.0. The molecule has 0 aromatic heterocycles. The fourth-order valence-corrected chi connectivity index (χ4v) is 3.05. The zero-order valence-electron chi connectivity index (χ0n) is 19.3. The molecule has 1 aromatic carbocycles. The molecule has 168 valence electrons. The van der Waals surface area contributed by atoms with Crippen LogP contribution in [-0.2, 0) is 11.3 Å². The van der Waals surface area contributed by atoms with E-state index in [9.17, 15) is 0 Å². The van der Waals surface area contributed by atoms with Crippen molar-refractivity contribution in [1.82, 2.24) is 15.5 Å². The van der Waals surface area contributed by atoms with Crippen molar-refractivity contribution in [2.45, 2.75) is 40.7 Å². The van der Waals surface area contributed by atoms with Crippen LogP contribution in [0.25, 0.3) is 0 Å². The third-order valence-corrected chi connectivity index (χ3v) is 4.20. The first-order valence-electron chi connectivity index (χ1n) is 10.2. The van der Waals surface area contributed by atoms with E-state index in [1.165, 1.54) is 5.56 Å². The Morgan fingerprint density at radius 1 is 1.17 bits per heavy atom. The van der Waals surface area contributed by atoms with Crippen LogP contribution in [-0.4, -0.2) is 64.9 Å².